The normalized spacial score (nSPS) is 17.8. The summed E-state index contributed by atoms with van der Waals surface area (Å²) in [5.74, 6) is 1.83. The lowest BCUT2D eigenvalue weighted by Crippen LogP contribution is -2.34. The number of rotatable bonds is 5. The van der Waals surface area contributed by atoms with Crippen molar-refractivity contribution in [3.05, 3.63) is 96.5 Å². The van der Waals surface area contributed by atoms with Gasteiger partial charge in [-0.25, -0.2) is 0 Å². The first-order valence-corrected chi connectivity index (χ1v) is 21.1. The molecule has 0 spiro atoms. The summed E-state index contributed by atoms with van der Waals surface area (Å²) in [5.41, 5.74) is 9.65. The summed E-state index contributed by atoms with van der Waals surface area (Å²) in [5, 5.41) is 54.6. The topological polar surface area (TPSA) is 203 Å². The van der Waals surface area contributed by atoms with Crippen LogP contribution in [0.3, 0.4) is 0 Å². The van der Waals surface area contributed by atoms with Crippen LogP contribution in [0.5, 0.6) is 11.5 Å². The third-order valence-corrected chi connectivity index (χ3v) is 12.5. The van der Waals surface area contributed by atoms with Crippen molar-refractivity contribution in [2.45, 2.75) is 105 Å². The van der Waals surface area contributed by atoms with Crippen molar-refractivity contribution in [3.8, 4) is 47.9 Å². The van der Waals surface area contributed by atoms with Gasteiger partial charge < -0.3 is 28.7 Å². The molecule has 2 aromatic rings. The van der Waals surface area contributed by atoms with Gasteiger partial charge in [0, 0.05) is 59.8 Å². The predicted octanol–water partition coefficient (Wildman–Crippen LogP) is 9.12. The smallest absolute Gasteiger partial charge is 0.172 e. The first kappa shape index (κ1) is 47.6. The number of hydrogen-bond donors (Lipinski definition) is 0. The van der Waals surface area contributed by atoms with Crippen molar-refractivity contribution in [1.82, 2.24) is 0 Å². The molecule has 0 radical (unpaired) electrons. The van der Waals surface area contributed by atoms with E-state index in [0.717, 1.165) is 100 Å². The molecular formula is C51H54N8O5. The number of benzene rings is 2. The van der Waals surface area contributed by atoms with Crippen molar-refractivity contribution in [3.63, 3.8) is 0 Å². The molecule has 13 nitrogen and oxygen atoms in total. The highest BCUT2D eigenvalue weighted by atomic mass is 16.5. The first-order valence-electron chi connectivity index (χ1n) is 21.1. The first-order chi connectivity index (χ1) is 30.3. The van der Waals surface area contributed by atoms with Crippen LogP contribution in [0, 0.1) is 68.0 Å². The van der Waals surface area contributed by atoms with Crippen LogP contribution in [-0.4, -0.2) is 57.9 Å². The zero-order valence-electron chi connectivity index (χ0n) is 37.0. The van der Waals surface area contributed by atoms with Gasteiger partial charge in [-0.15, -0.1) is 0 Å². The molecule has 2 aromatic carbocycles. The molecule has 0 saturated heterocycles. The van der Waals surface area contributed by atoms with E-state index in [1.54, 1.807) is 47.1 Å². The largest absolute Gasteiger partial charge is 0.496 e. The summed E-state index contributed by atoms with van der Waals surface area (Å²) in [6, 6.07) is 15.4. The van der Waals surface area contributed by atoms with Crippen LogP contribution in [0.2, 0.25) is 0 Å². The number of methoxy groups -OCH3 is 2. The number of allylic oxidation sites excluding steroid dienone is 4. The minimum Gasteiger partial charge on any atom is -0.496 e. The number of carbonyl (C=O) groups is 1. The number of carbonyl (C=O) groups excluding carboxylic acids is 1. The minimum absolute atomic E-state index is 0. The van der Waals surface area contributed by atoms with E-state index in [2.05, 4.69) is 21.9 Å². The van der Waals surface area contributed by atoms with Gasteiger partial charge in [0.05, 0.1) is 25.4 Å². The Morgan fingerprint density at radius 3 is 1.50 bits per heavy atom. The van der Waals surface area contributed by atoms with E-state index in [9.17, 15) is 20.6 Å². The number of aryl methyl sites for hydroxylation is 2. The quantitative estimate of drug-likeness (QED) is 0.204. The molecule has 64 heavy (non-hydrogen) atoms. The van der Waals surface area contributed by atoms with E-state index < -0.39 is 11.2 Å². The molecule has 0 unspecified atom stereocenters. The van der Waals surface area contributed by atoms with Crippen molar-refractivity contribution in [2.24, 2.45) is 0 Å². The molecule has 0 aromatic heterocycles. The minimum atomic E-state index is -0.831. The number of nitriles is 6. The molecule has 0 fully saturated rings. The predicted molar refractivity (Wildman–Crippen MR) is 243 cm³/mol. The second kappa shape index (κ2) is 19.7. The summed E-state index contributed by atoms with van der Waals surface area (Å²) in [4.78, 5) is 16.1. The van der Waals surface area contributed by atoms with Crippen molar-refractivity contribution in [1.29, 1.82) is 31.6 Å². The van der Waals surface area contributed by atoms with Crippen molar-refractivity contribution >= 4 is 23.7 Å². The van der Waals surface area contributed by atoms with E-state index >= 15 is 0 Å². The van der Waals surface area contributed by atoms with Crippen LogP contribution in [0.1, 0.15) is 106 Å². The zero-order chi connectivity index (χ0) is 45.6. The van der Waals surface area contributed by atoms with Gasteiger partial charge in [0.25, 0.3) is 0 Å². The lowest BCUT2D eigenvalue weighted by atomic mass is 9.88. The van der Waals surface area contributed by atoms with E-state index in [-0.39, 0.29) is 41.2 Å². The Morgan fingerprint density at radius 2 is 1.06 bits per heavy atom. The van der Waals surface area contributed by atoms with Gasteiger partial charge in [-0.3, -0.25) is 4.79 Å². The molecule has 0 amide bonds. The monoisotopic (exact) mass is 858 g/mol. The molecule has 0 aliphatic carbocycles. The standard InChI is InChI=1S/C25H24N4O2.C14H17NO2.C11H9N3O.CH4/c1-25(2)21(20(15-28)24(31-25)18(13-26)14-27)9-8-17-12-16-6-4-10-29-11-5-7-19(22(16)29)23(17)30-3;1-17-14-11(9-16)8-10-4-2-6-15-7-3-5-12(14)13(10)15;1-7-9(6-14)10(8(4-12)5-13)15-11(7,2)3;/h8-9,12H,4-7,10-11H2,1-3H3;8-9H,2-7H2,1H3;1-3H3;1H4/b9-8+;;;. The highest BCUT2D eigenvalue weighted by Gasteiger charge is 2.39. The van der Waals surface area contributed by atoms with Crippen molar-refractivity contribution in [2.75, 3.05) is 50.2 Å². The number of anilines is 2. The Bertz CT molecular complexity index is 2640. The number of ether oxygens (including phenoxy) is 4. The summed E-state index contributed by atoms with van der Waals surface area (Å²) >= 11 is 0. The van der Waals surface area contributed by atoms with Crippen LogP contribution in [0.25, 0.3) is 6.08 Å². The third-order valence-electron chi connectivity index (χ3n) is 12.5. The Hall–Kier alpha value is -7.45. The molecule has 328 valence electrons. The molecule has 0 atom stereocenters. The fraction of sp³-hybridized carbons (Fsp3) is 0.431. The lowest BCUT2D eigenvalue weighted by molar-refractivity contribution is 0.0927. The molecular weight excluding hydrogens is 805 g/mol. The summed E-state index contributed by atoms with van der Waals surface area (Å²) in [6.07, 6.45) is 13.5. The highest BCUT2D eigenvalue weighted by molar-refractivity contribution is 5.85. The molecule has 13 heteroatoms. The summed E-state index contributed by atoms with van der Waals surface area (Å²) in [7, 11) is 3.36. The van der Waals surface area contributed by atoms with Crippen LogP contribution in [0.4, 0.5) is 11.4 Å². The van der Waals surface area contributed by atoms with Gasteiger partial charge in [-0.1, -0.05) is 19.6 Å². The fourth-order valence-corrected chi connectivity index (χ4v) is 9.35. The summed E-state index contributed by atoms with van der Waals surface area (Å²) < 4.78 is 22.6. The van der Waals surface area contributed by atoms with Gasteiger partial charge in [0.1, 0.15) is 64.7 Å². The van der Waals surface area contributed by atoms with E-state index in [4.69, 9.17) is 34.7 Å². The van der Waals surface area contributed by atoms with E-state index in [0.29, 0.717) is 11.1 Å². The van der Waals surface area contributed by atoms with Crippen LogP contribution < -0.4 is 19.3 Å². The lowest BCUT2D eigenvalue weighted by Gasteiger charge is -2.38. The van der Waals surface area contributed by atoms with Crippen LogP contribution >= 0.6 is 0 Å². The second-order valence-corrected chi connectivity index (χ2v) is 16.9. The van der Waals surface area contributed by atoms with Crippen LogP contribution in [0.15, 0.2) is 63.2 Å². The Labute approximate surface area is 377 Å². The van der Waals surface area contributed by atoms with E-state index in [1.165, 1.54) is 40.0 Å². The average Bonchev–Trinajstić information content (AvgIpc) is 3.68. The van der Waals surface area contributed by atoms with Gasteiger partial charge in [-0.05, 0) is 115 Å². The zero-order valence-corrected chi connectivity index (χ0v) is 37.0. The van der Waals surface area contributed by atoms with Gasteiger partial charge in [0.15, 0.2) is 29.0 Å². The van der Waals surface area contributed by atoms with Gasteiger partial charge in [0.2, 0.25) is 0 Å². The molecule has 6 aliphatic rings. The molecule has 0 N–H and O–H groups in total. The summed E-state index contributed by atoms with van der Waals surface area (Å²) in [6.45, 7) is 13.5. The Kier molecular flexibility index (Phi) is 14.7. The number of aldehydes is 1. The van der Waals surface area contributed by atoms with Crippen molar-refractivity contribution < 1.29 is 23.7 Å². The Balaban J connectivity index is 0.000000197. The van der Waals surface area contributed by atoms with Crippen LogP contribution in [-0.2, 0) is 35.2 Å². The molecule has 8 rings (SSSR count). The molecule has 0 saturated carbocycles. The maximum Gasteiger partial charge on any atom is 0.172 e. The number of hydrogen-bond acceptors (Lipinski definition) is 13. The number of nitrogens with zero attached hydrogens (tertiary/aromatic N) is 8. The Morgan fingerprint density at radius 1 is 0.641 bits per heavy atom. The average molecular weight is 859 g/mol. The fourth-order valence-electron chi connectivity index (χ4n) is 9.35. The molecule has 0 bridgehead atoms. The van der Waals surface area contributed by atoms with Gasteiger partial charge in [-0.2, -0.15) is 31.6 Å². The molecule has 6 aliphatic heterocycles. The SMILES string of the molecule is C.CC1=C(C#N)C(=C(C#N)C#N)OC1(C)C.COc1c(/C=C/C2=C(C#N)C(=C(C#N)C#N)OC2(C)C)cc2c3c1CCCN3CCC2.COc1c(C=O)cc2c3c1CCCN3CCC2. The van der Waals surface area contributed by atoms with E-state index in [1.807, 2.05) is 50.3 Å². The highest BCUT2D eigenvalue weighted by Crippen LogP contribution is 2.46. The second-order valence-electron chi connectivity index (χ2n) is 16.9. The van der Waals surface area contributed by atoms with Gasteiger partial charge >= 0.3 is 0 Å². The third kappa shape index (κ3) is 8.77. The molecule has 6 heterocycles. The maximum absolute atomic E-state index is 11.1. The maximum atomic E-state index is 11.1.